The van der Waals surface area contributed by atoms with Crippen LogP contribution in [0.4, 0.5) is 0 Å². The van der Waals surface area contributed by atoms with Crippen molar-refractivity contribution in [3.63, 3.8) is 0 Å². The van der Waals surface area contributed by atoms with Gasteiger partial charge < -0.3 is 0 Å². The third-order valence-electron chi connectivity index (χ3n) is 4.39. The van der Waals surface area contributed by atoms with E-state index in [9.17, 15) is 0 Å². The second-order valence-electron chi connectivity index (χ2n) is 6.27. The molecule has 0 saturated heterocycles. The van der Waals surface area contributed by atoms with Gasteiger partial charge in [-0.15, -0.1) is 29.3 Å². The SMILES string of the molecule is C=CC(C)(CC)c1ncc(-c2cnc(C(C)(C)CC)s2)s1. The highest BCUT2D eigenvalue weighted by Crippen LogP contribution is 2.40. The lowest BCUT2D eigenvalue weighted by molar-refractivity contribution is 0.503. The molecule has 1 atom stereocenters. The third kappa shape index (κ3) is 3.11. The van der Waals surface area contributed by atoms with Gasteiger partial charge in [-0.3, -0.25) is 0 Å². The Morgan fingerprint density at radius 1 is 1.00 bits per heavy atom. The average Bonchev–Trinajstić information content (AvgIpc) is 3.15. The molecule has 0 spiro atoms. The van der Waals surface area contributed by atoms with Crippen molar-refractivity contribution in [1.82, 2.24) is 9.97 Å². The van der Waals surface area contributed by atoms with Crippen molar-refractivity contribution in [2.45, 2.75) is 58.3 Å². The fraction of sp³-hybridized carbons (Fsp3) is 0.529. The molecule has 21 heavy (non-hydrogen) atoms. The van der Waals surface area contributed by atoms with E-state index in [0.29, 0.717) is 0 Å². The number of thiazole rings is 2. The predicted octanol–water partition coefficient (Wildman–Crippen LogP) is 5.81. The molecule has 114 valence electrons. The summed E-state index contributed by atoms with van der Waals surface area (Å²) in [5.74, 6) is 0. The van der Waals surface area contributed by atoms with E-state index < -0.39 is 0 Å². The van der Waals surface area contributed by atoms with E-state index in [-0.39, 0.29) is 10.8 Å². The first-order valence-electron chi connectivity index (χ1n) is 7.43. The van der Waals surface area contributed by atoms with E-state index in [1.807, 2.05) is 18.5 Å². The Morgan fingerprint density at radius 2 is 1.52 bits per heavy atom. The maximum Gasteiger partial charge on any atom is 0.103 e. The molecule has 2 rings (SSSR count). The second-order valence-corrected chi connectivity index (χ2v) is 8.33. The molecule has 0 saturated carbocycles. The number of aromatic nitrogens is 2. The van der Waals surface area contributed by atoms with Gasteiger partial charge in [0.2, 0.25) is 0 Å². The van der Waals surface area contributed by atoms with Crippen LogP contribution in [0, 0.1) is 0 Å². The van der Waals surface area contributed by atoms with Crippen molar-refractivity contribution < 1.29 is 0 Å². The largest absolute Gasteiger partial charge is 0.248 e. The summed E-state index contributed by atoms with van der Waals surface area (Å²) in [7, 11) is 0. The molecule has 0 aliphatic carbocycles. The molecule has 0 aliphatic heterocycles. The molecule has 0 N–H and O–H groups in total. The van der Waals surface area contributed by atoms with Crippen LogP contribution in [-0.4, -0.2) is 9.97 Å². The fourth-order valence-corrected chi connectivity index (χ4v) is 4.16. The van der Waals surface area contributed by atoms with E-state index in [1.54, 1.807) is 22.7 Å². The minimum absolute atomic E-state index is 0.0286. The summed E-state index contributed by atoms with van der Waals surface area (Å²) < 4.78 is 0. The van der Waals surface area contributed by atoms with Gasteiger partial charge in [0.25, 0.3) is 0 Å². The molecule has 1 unspecified atom stereocenters. The number of allylic oxidation sites excluding steroid dienone is 1. The number of hydrogen-bond donors (Lipinski definition) is 0. The molecule has 0 amide bonds. The van der Waals surface area contributed by atoms with Gasteiger partial charge in [-0.05, 0) is 19.8 Å². The lowest BCUT2D eigenvalue weighted by Gasteiger charge is -2.20. The van der Waals surface area contributed by atoms with Gasteiger partial charge in [-0.2, -0.15) is 0 Å². The van der Waals surface area contributed by atoms with E-state index in [4.69, 9.17) is 0 Å². The topological polar surface area (TPSA) is 25.8 Å². The monoisotopic (exact) mass is 320 g/mol. The van der Waals surface area contributed by atoms with Crippen molar-refractivity contribution in [2.24, 2.45) is 0 Å². The summed E-state index contributed by atoms with van der Waals surface area (Å²) in [4.78, 5) is 11.7. The first kappa shape index (κ1) is 16.4. The lowest BCUT2D eigenvalue weighted by atomic mass is 9.89. The van der Waals surface area contributed by atoms with Crippen molar-refractivity contribution in [1.29, 1.82) is 0 Å². The molecular weight excluding hydrogens is 296 g/mol. The molecule has 0 fully saturated rings. The van der Waals surface area contributed by atoms with Crippen LogP contribution in [0.25, 0.3) is 9.75 Å². The highest BCUT2D eigenvalue weighted by molar-refractivity contribution is 7.21. The fourth-order valence-electron chi connectivity index (χ4n) is 1.89. The van der Waals surface area contributed by atoms with Crippen LogP contribution >= 0.6 is 22.7 Å². The molecule has 2 heterocycles. The molecule has 2 aromatic rings. The standard InChI is InChI=1S/C17H24N2S2/c1-7-16(4,5)14-18-10-12(20-14)13-11-19-15(21-13)17(6,8-2)9-3/h8,10-11H,2,7,9H2,1,3-6H3. The van der Waals surface area contributed by atoms with E-state index >= 15 is 0 Å². The van der Waals surface area contributed by atoms with Crippen LogP contribution in [0.15, 0.2) is 25.0 Å². The zero-order valence-electron chi connectivity index (χ0n) is 13.6. The summed E-state index contributed by atoms with van der Waals surface area (Å²) in [6.07, 6.45) is 8.09. The molecular formula is C17H24N2S2. The number of rotatable bonds is 6. The van der Waals surface area contributed by atoms with Crippen LogP contribution in [0.5, 0.6) is 0 Å². The van der Waals surface area contributed by atoms with Gasteiger partial charge in [0.05, 0.1) is 14.8 Å². The van der Waals surface area contributed by atoms with E-state index in [1.165, 1.54) is 14.8 Å². The van der Waals surface area contributed by atoms with E-state index in [2.05, 4.69) is 51.2 Å². The van der Waals surface area contributed by atoms with Gasteiger partial charge >= 0.3 is 0 Å². The summed E-state index contributed by atoms with van der Waals surface area (Å²) in [6.45, 7) is 15.0. The zero-order valence-corrected chi connectivity index (χ0v) is 15.2. The first-order chi connectivity index (χ1) is 9.86. The summed E-state index contributed by atoms with van der Waals surface area (Å²) in [5.41, 5.74) is 0.120. The van der Waals surface area contributed by atoms with Crippen molar-refractivity contribution >= 4 is 22.7 Å². The Balaban J connectivity index is 2.33. The normalized spacial score (nSPS) is 14.9. The maximum absolute atomic E-state index is 4.62. The molecule has 0 aliphatic rings. The Bertz CT molecular complexity index is 624. The molecule has 0 radical (unpaired) electrons. The predicted molar refractivity (Wildman–Crippen MR) is 94.4 cm³/mol. The number of hydrogen-bond acceptors (Lipinski definition) is 4. The Kier molecular flexibility index (Phi) is 4.69. The molecule has 2 nitrogen and oxygen atoms in total. The highest BCUT2D eigenvalue weighted by Gasteiger charge is 2.26. The molecule has 2 aromatic heterocycles. The number of nitrogens with zero attached hydrogens (tertiary/aromatic N) is 2. The Hall–Kier alpha value is -1.00. The average molecular weight is 321 g/mol. The van der Waals surface area contributed by atoms with Gasteiger partial charge in [0.1, 0.15) is 5.01 Å². The summed E-state index contributed by atoms with van der Waals surface area (Å²) >= 11 is 3.55. The minimum atomic E-state index is -0.0286. The van der Waals surface area contributed by atoms with Crippen LogP contribution in [0.1, 0.15) is 57.5 Å². The summed E-state index contributed by atoms with van der Waals surface area (Å²) in [6, 6.07) is 0. The maximum atomic E-state index is 4.62. The van der Waals surface area contributed by atoms with Crippen LogP contribution in [-0.2, 0) is 10.8 Å². The van der Waals surface area contributed by atoms with E-state index in [0.717, 1.165) is 17.8 Å². The highest BCUT2D eigenvalue weighted by atomic mass is 32.1. The van der Waals surface area contributed by atoms with Crippen molar-refractivity contribution in [3.8, 4) is 9.75 Å². The quantitative estimate of drug-likeness (QED) is 0.628. The Morgan fingerprint density at radius 3 is 2.00 bits per heavy atom. The second kappa shape index (κ2) is 6.01. The van der Waals surface area contributed by atoms with Gasteiger partial charge in [0, 0.05) is 23.2 Å². The zero-order chi connectivity index (χ0) is 15.7. The van der Waals surface area contributed by atoms with Crippen molar-refractivity contribution in [2.75, 3.05) is 0 Å². The molecule has 0 aromatic carbocycles. The smallest absolute Gasteiger partial charge is 0.103 e. The molecule has 0 bridgehead atoms. The Labute approximate surface area is 136 Å². The molecule has 4 heteroatoms. The third-order valence-corrected chi connectivity index (χ3v) is 7.23. The van der Waals surface area contributed by atoms with Crippen LogP contribution in [0.3, 0.4) is 0 Å². The van der Waals surface area contributed by atoms with Gasteiger partial charge in [-0.1, -0.05) is 33.8 Å². The van der Waals surface area contributed by atoms with Gasteiger partial charge in [-0.25, -0.2) is 9.97 Å². The van der Waals surface area contributed by atoms with Crippen LogP contribution < -0.4 is 0 Å². The lowest BCUT2D eigenvalue weighted by Crippen LogP contribution is -2.16. The van der Waals surface area contributed by atoms with Crippen LogP contribution in [0.2, 0.25) is 0 Å². The van der Waals surface area contributed by atoms with Gasteiger partial charge in [0.15, 0.2) is 0 Å². The first-order valence-corrected chi connectivity index (χ1v) is 9.06. The van der Waals surface area contributed by atoms with Crippen molar-refractivity contribution in [3.05, 3.63) is 35.1 Å². The summed E-state index contributed by atoms with van der Waals surface area (Å²) in [5, 5.41) is 2.34. The minimum Gasteiger partial charge on any atom is -0.248 e.